The lowest BCUT2D eigenvalue weighted by Gasteiger charge is -2.33. The monoisotopic (exact) mass is 364 g/mol. The lowest BCUT2D eigenvalue weighted by atomic mass is 10.0. The van der Waals surface area contributed by atoms with Crippen molar-refractivity contribution in [3.8, 4) is 5.75 Å². The van der Waals surface area contributed by atoms with Crippen molar-refractivity contribution in [3.63, 3.8) is 0 Å². The minimum absolute atomic E-state index is 0.131. The molecule has 1 N–H and O–H groups in total. The molecule has 1 fully saturated rings. The fraction of sp³-hybridized carbons (Fsp3) is 0.318. The summed E-state index contributed by atoms with van der Waals surface area (Å²) in [4.78, 5) is 14.9. The predicted octanol–water partition coefficient (Wildman–Crippen LogP) is 4.15. The Morgan fingerprint density at radius 1 is 1.15 bits per heavy atom. The van der Waals surface area contributed by atoms with Crippen molar-refractivity contribution >= 4 is 22.6 Å². The number of fused-ring (bicyclic) bond motifs is 1. The van der Waals surface area contributed by atoms with Crippen LogP contribution >= 0.6 is 0 Å². The fourth-order valence-electron chi connectivity index (χ4n) is 3.65. The van der Waals surface area contributed by atoms with Crippen LogP contribution in [0, 0.1) is 6.92 Å². The summed E-state index contributed by atoms with van der Waals surface area (Å²) in [5.41, 5.74) is 3.02. The Bertz CT molecular complexity index is 938. The highest BCUT2D eigenvalue weighted by Gasteiger charge is 2.23. The molecule has 0 saturated carbocycles. The van der Waals surface area contributed by atoms with Crippen LogP contribution in [-0.2, 0) is 0 Å². The average Bonchev–Trinajstić information content (AvgIpc) is 3.15. The standard InChI is InChI=1S/C22H24N2O3/c1-15-4-3-5-16-14-20(27-21(15)16)22(25)23-17-10-12-24(13-11-17)18-6-8-19(26-2)9-7-18/h3-9,14,17H,10-13H2,1-2H3,(H,23,25). The first-order chi connectivity index (χ1) is 13.1. The molecule has 140 valence electrons. The van der Waals surface area contributed by atoms with Gasteiger partial charge >= 0.3 is 0 Å². The molecule has 1 saturated heterocycles. The molecule has 2 heterocycles. The van der Waals surface area contributed by atoms with Crippen LogP contribution in [0.2, 0.25) is 0 Å². The maximum absolute atomic E-state index is 12.6. The van der Waals surface area contributed by atoms with Gasteiger partial charge in [-0.1, -0.05) is 18.2 Å². The molecule has 0 bridgehead atoms. The van der Waals surface area contributed by atoms with Crippen LogP contribution in [0.4, 0.5) is 5.69 Å². The van der Waals surface area contributed by atoms with Gasteiger partial charge in [-0.15, -0.1) is 0 Å². The topological polar surface area (TPSA) is 54.7 Å². The summed E-state index contributed by atoms with van der Waals surface area (Å²) in [5.74, 6) is 1.12. The average molecular weight is 364 g/mol. The molecular formula is C22H24N2O3. The molecule has 27 heavy (non-hydrogen) atoms. The first-order valence-corrected chi connectivity index (χ1v) is 9.33. The molecule has 1 aromatic heterocycles. The Balaban J connectivity index is 1.36. The molecule has 4 rings (SSSR count). The maximum atomic E-state index is 12.6. The summed E-state index contributed by atoms with van der Waals surface area (Å²) in [6.07, 6.45) is 1.83. The molecule has 0 atom stereocenters. The SMILES string of the molecule is COc1ccc(N2CCC(NC(=O)c3cc4cccc(C)c4o3)CC2)cc1. The molecule has 1 aliphatic heterocycles. The van der Waals surface area contributed by atoms with Gasteiger partial charge in [0.15, 0.2) is 5.76 Å². The molecule has 2 aromatic carbocycles. The van der Waals surface area contributed by atoms with Gasteiger partial charge in [-0.3, -0.25) is 4.79 Å². The van der Waals surface area contributed by atoms with E-state index >= 15 is 0 Å². The zero-order valence-corrected chi connectivity index (χ0v) is 15.7. The van der Waals surface area contributed by atoms with Gasteiger partial charge in [-0.2, -0.15) is 0 Å². The number of hydrogen-bond donors (Lipinski definition) is 1. The third-order valence-electron chi connectivity index (χ3n) is 5.23. The number of rotatable bonds is 4. The number of benzene rings is 2. The summed E-state index contributed by atoms with van der Waals surface area (Å²) in [5, 5.41) is 4.09. The van der Waals surface area contributed by atoms with Gasteiger partial charge in [0.25, 0.3) is 5.91 Å². The van der Waals surface area contributed by atoms with Crippen molar-refractivity contribution in [3.05, 3.63) is 59.9 Å². The summed E-state index contributed by atoms with van der Waals surface area (Å²) in [7, 11) is 1.67. The van der Waals surface area contributed by atoms with Gasteiger partial charge in [0.2, 0.25) is 0 Å². The Morgan fingerprint density at radius 3 is 2.56 bits per heavy atom. The van der Waals surface area contributed by atoms with E-state index in [1.54, 1.807) is 7.11 Å². The van der Waals surface area contributed by atoms with E-state index in [4.69, 9.17) is 9.15 Å². The summed E-state index contributed by atoms with van der Waals surface area (Å²) >= 11 is 0. The van der Waals surface area contributed by atoms with E-state index in [1.807, 2.05) is 43.3 Å². The Hall–Kier alpha value is -2.95. The van der Waals surface area contributed by atoms with E-state index in [9.17, 15) is 4.79 Å². The first kappa shape index (κ1) is 17.5. The highest BCUT2D eigenvalue weighted by atomic mass is 16.5. The molecule has 3 aromatic rings. The van der Waals surface area contributed by atoms with Crippen LogP contribution in [0.1, 0.15) is 29.0 Å². The predicted molar refractivity (Wildman–Crippen MR) is 107 cm³/mol. The number of furan rings is 1. The van der Waals surface area contributed by atoms with Gasteiger partial charge in [0.05, 0.1) is 7.11 Å². The van der Waals surface area contributed by atoms with E-state index in [0.29, 0.717) is 5.76 Å². The number of piperidine rings is 1. The van der Waals surface area contributed by atoms with E-state index in [-0.39, 0.29) is 11.9 Å². The number of hydrogen-bond acceptors (Lipinski definition) is 4. The lowest BCUT2D eigenvalue weighted by Crippen LogP contribution is -2.44. The molecule has 1 amide bonds. The number of aryl methyl sites for hydroxylation is 1. The van der Waals surface area contributed by atoms with Crippen molar-refractivity contribution in [1.82, 2.24) is 5.32 Å². The molecule has 0 spiro atoms. The number of ether oxygens (including phenoxy) is 1. The second-order valence-electron chi connectivity index (χ2n) is 7.04. The quantitative estimate of drug-likeness (QED) is 0.756. The van der Waals surface area contributed by atoms with Crippen molar-refractivity contribution < 1.29 is 13.9 Å². The minimum atomic E-state index is -0.131. The number of carbonyl (C=O) groups excluding carboxylic acids is 1. The minimum Gasteiger partial charge on any atom is -0.497 e. The van der Waals surface area contributed by atoms with Gasteiger partial charge in [-0.05, 0) is 55.7 Å². The van der Waals surface area contributed by atoms with Crippen LogP contribution in [0.15, 0.2) is 52.9 Å². The van der Waals surface area contributed by atoms with E-state index < -0.39 is 0 Å². The van der Waals surface area contributed by atoms with Crippen molar-refractivity contribution in [2.45, 2.75) is 25.8 Å². The van der Waals surface area contributed by atoms with Gasteiger partial charge in [-0.25, -0.2) is 0 Å². The number of carbonyl (C=O) groups is 1. The Labute approximate surface area is 158 Å². The summed E-state index contributed by atoms with van der Waals surface area (Å²) in [6, 6.07) is 16.0. The van der Waals surface area contributed by atoms with Gasteiger partial charge in [0.1, 0.15) is 11.3 Å². The number of methoxy groups -OCH3 is 1. The highest BCUT2D eigenvalue weighted by Crippen LogP contribution is 2.24. The fourth-order valence-corrected chi connectivity index (χ4v) is 3.65. The van der Waals surface area contributed by atoms with Crippen molar-refractivity contribution in [1.29, 1.82) is 0 Å². The van der Waals surface area contributed by atoms with E-state index in [1.165, 1.54) is 5.69 Å². The molecule has 1 aliphatic rings. The van der Waals surface area contributed by atoms with Crippen molar-refractivity contribution in [2.75, 3.05) is 25.1 Å². The lowest BCUT2D eigenvalue weighted by molar-refractivity contribution is 0.0905. The molecule has 0 radical (unpaired) electrons. The zero-order chi connectivity index (χ0) is 18.8. The second kappa shape index (κ2) is 7.35. The third-order valence-corrected chi connectivity index (χ3v) is 5.23. The maximum Gasteiger partial charge on any atom is 0.287 e. The van der Waals surface area contributed by atoms with E-state index in [2.05, 4.69) is 22.3 Å². The summed E-state index contributed by atoms with van der Waals surface area (Å²) < 4.78 is 11.0. The number of nitrogens with one attached hydrogen (secondary N) is 1. The first-order valence-electron chi connectivity index (χ1n) is 9.33. The smallest absolute Gasteiger partial charge is 0.287 e. The van der Waals surface area contributed by atoms with Crippen LogP contribution in [0.25, 0.3) is 11.0 Å². The number of para-hydroxylation sites is 1. The third kappa shape index (κ3) is 3.63. The molecule has 5 nitrogen and oxygen atoms in total. The van der Waals surface area contributed by atoms with Crippen LogP contribution in [0.5, 0.6) is 5.75 Å². The Kier molecular flexibility index (Phi) is 4.75. The molecule has 0 unspecified atom stereocenters. The van der Waals surface area contributed by atoms with Gasteiger partial charge < -0.3 is 19.4 Å². The zero-order valence-electron chi connectivity index (χ0n) is 15.7. The molecular weight excluding hydrogens is 340 g/mol. The van der Waals surface area contributed by atoms with Crippen LogP contribution < -0.4 is 15.0 Å². The Morgan fingerprint density at radius 2 is 1.89 bits per heavy atom. The largest absolute Gasteiger partial charge is 0.497 e. The van der Waals surface area contributed by atoms with Gasteiger partial charge in [0, 0.05) is 30.2 Å². The molecule has 5 heteroatoms. The summed E-state index contributed by atoms with van der Waals surface area (Å²) in [6.45, 7) is 3.81. The van der Waals surface area contributed by atoms with E-state index in [0.717, 1.165) is 48.2 Å². The van der Waals surface area contributed by atoms with Crippen LogP contribution in [-0.4, -0.2) is 32.1 Å². The highest BCUT2D eigenvalue weighted by molar-refractivity contribution is 5.96. The number of anilines is 1. The second-order valence-corrected chi connectivity index (χ2v) is 7.04. The van der Waals surface area contributed by atoms with Crippen molar-refractivity contribution in [2.24, 2.45) is 0 Å². The number of nitrogens with zero attached hydrogens (tertiary/aromatic N) is 1. The molecule has 0 aliphatic carbocycles. The number of amides is 1. The van der Waals surface area contributed by atoms with Crippen LogP contribution in [0.3, 0.4) is 0 Å². The normalized spacial score (nSPS) is 15.1.